The molecule has 0 fully saturated rings. The van der Waals surface area contributed by atoms with Gasteiger partial charge in [0.2, 0.25) is 0 Å². The molecule has 0 bridgehead atoms. The van der Waals surface area contributed by atoms with Gasteiger partial charge in [0.05, 0.1) is 12.2 Å². The first kappa shape index (κ1) is 11.2. The van der Waals surface area contributed by atoms with E-state index in [4.69, 9.17) is 4.74 Å². The molecule has 0 saturated carbocycles. The van der Waals surface area contributed by atoms with Crippen LogP contribution in [0.1, 0.15) is 28.4 Å². The first-order chi connectivity index (χ1) is 6.56. The van der Waals surface area contributed by atoms with Gasteiger partial charge in [0, 0.05) is 4.47 Å². The van der Waals surface area contributed by atoms with Crippen molar-refractivity contribution < 1.29 is 9.53 Å². The quantitative estimate of drug-likeness (QED) is 0.760. The molecule has 0 unspecified atom stereocenters. The first-order valence-corrected chi connectivity index (χ1v) is 5.29. The summed E-state index contributed by atoms with van der Waals surface area (Å²) in [5.74, 6) is -0.255. The van der Waals surface area contributed by atoms with Gasteiger partial charge in [-0.3, -0.25) is 0 Å². The third-order valence-electron chi connectivity index (χ3n) is 1.98. The van der Waals surface area contributed by atoms with Crippen LogP contribution in [0.4, 0.5) is 0 Å². The largest absolute Gasteiger partial charge is 0.462 e. The molecule has 0 saturated heterocycles. The molecule has 0 spiro atoms. The lowest BCUT2D eigenvalue weighted by Gasteiger charge is -2.08. The molecule has 0 aliphatic carbocycles. The number of rotatable bonds is 2. The Morgan fingerprint density at radius 1 is 1.43 bits per heavy atom. The normalized spacial score (nSPS) is 10.0. The Balaban J connectivity index is 3.13. The van der Waals surface area contributed by atoms with Gasteiger partial charge in [0.1, 0.15) is 0 Å². The maximum absolute atomic E-state index is 11.5. The van der Waals surface area contributed by atoms with Crippen LogP contribution in [0.5, 0.6) is 0 Å². The Labute approximate surface area is 92.4 Å². The highest BCUT2D eigenvalue weighted by Gasteiger charge is 2.12. The maximum Gasteiger partial charge on any atom is 0.338 e. The molecule has 1 aromatic carbocycles. The highest BCUT2D eigenvalue weighted by atomic mass is 79.9. The summed E-state index contributed by atoms with van der Waals surface area (Å²) in [7, 11) is 0. The Kier molecular flexibility index (Phi) is 3.69. The highest BCUT2D eigenvalue weighted by molar-refractivity contribution is 9.10. The van der Waals surface area contributed by atoms with Crippen molar-refractivity contribution in [2.75, 3.05) is 6.61 Å². The van der Waals surface area contributed by atoms with Crippen LogP contribution in [-0.2, 0) is 4.74 Å². The number of aryl methyl sites for hydroxylation is 1. The summed E-state index contributed by atoms with van der Waals surface area (Å²) in [6.45, 7) is 6.06. The van der Waals surface area contributed by atoms with Gasteiger partial charge < -0.3 is 4.74 Å². The SMILES string of the molecule is CCOC(=O)c1cc(C)cc(Br)c1C. The Morgan fingerprint density at radius 3 is 2.64 bits per heavy atom. The van der Waals surface area contributed by atoms with E-state index in [1.54, 1.807) is 6.92 Å². The van der Waals surface area contributed by atoms with Crippen molar-refractivity contribution >= 4 is 21.9 Å². The number of carbonyl (C=O) groups excluding carboxylic acids is 1. The number of hydrogen-bond acceptors (Lipinski definition) is 2. The van der Waals surface area contributed by atoms with Crippen LogP contribution in [0, 0.1) is 13.8 Å². The Bertz CT molecular complexity index is 359. The van der Waals surface area contributed by atoms with Crippen LogP contribution in [0.3, 0.4) is 0 Å². The molecule has 0 aliphatic rings. The Morgan fingerprint density at radius 2 is 2.07 bits per heavy atom. The molecule has 76 valence electrons. The lowest BCUT2D eigenvalue weighted by Crippen LogP contribution is -2.07. The molecule has 0 amide bonds. The fourth-order valence-corrected chi connectivity index (χ4v) is 1.81. The van der Waals surface area contributed by atoms with Crippen LogP contribution in [-0.4, -0.2) is 12.6 Å². The molecule has 0 aromatic heterocycles. The van der Waals surface area contributed by atoms with Gasteiger partial charge in [-0.1, -0.05) is 15.9 Å². The van der Waals surface area contributed by atoms with Crippen LogP contribution in [0.15, 0.2) is 16.6 Å². The van der Waals surface area contributed by atoms with Crippen LogP contribution < -0.4 is 0 Å². The monoisotopic (exact) mass is 256 g/mol. The van der Waals surface area contributed by atoms with Gasteiger partial charge >= 0.3 is 5.97 Å². The number of halogens is 1. The molecular formula is C11H13BrO2. The second-order valence-corrected chi connectivity index (χ2v) is 3.99. The fraction of sp³-hybridized carbons (Fsp3) is 0.364. The van der Waals surface area contributed by atoms with E-state index in [0.717, 1.165) is 15.6 Å². The molecule has 2 nitrogen and oxygen atoms in total. The molecule has 0 radical (unpaired) electrons. The van der Waals surface area contributed by atoms with Gasteiger partial charge in [-0.2, -0.15) is 0 Å². The smallest absolute Gasteiger partial charge is 0.338 e. The minimum atomic E-state index is -0.255. The van der Waals surface area contributed by atoms with Crippen molar-refractivity contribution in [2.45, 2.75) is 20.8 Å². The number of esters is 1. The molecule has 3 heteroatoms. The van der Waals surface area contributed by atoms with Gasteiger partial charge in [-0.15, -0.1) is 0 Å². The van der Waals surface area contributed by atoms with E-state index in [1.807, 2.05) is 26.0 Å². The number of hydrogen-bond donors (Lipinski definition) is 0. The second-order valence-electron chi connectivity index (χ2n) is 3.14. The van der Waals surface area contributed by atoms with Crippen molar-refractivity contribution in [1.82, 2.24) is 0 Å². The predicted molar refractivity (Wildman–Crippen MR) is 59.6 cm³/mol. The summed E-state index contributed by atoms with van der Waals surface area (Å²) in [6.07, 6.45) is 0. The van der Waals surface area contributed by atoms with E-state index >= 15 is 0 Å². The van der Waals surface area contributed by atoms with Crippen molar-refractivity contribution in [3.05, 3.63) is 33.3 Å². The third kappa shape index (κ3) is 2.35. The molecule has 1 rings (SSSR count). The number of benzene rings is 1. The molecule has 1 aromatic rings. The maximum atomic E-state index is 11.5. The van der Waals surface area contributed by atoms with Crippen LogP contribution in [0.25, 0.3) is 0 Å². The molecule has 0 aliphatic heterocycles. The minimum Gasteiger partial charge on any atom is -0.462 e. The third-order valence-corrected chi connectivity index (χ3v) is 2.81. The lowest BCUT2D eigenvalue weighted by atomic mass is 10.1. The average Bonchev–Trinajstić information content (AvgIpc) is 2.11. The van der Waals surface area contributed by atoms with Crippen LogP contribution >= 0.6 is 15.9 Å². The summed E-state index contributed by atoms with van der Waals surface area (Å²) < 4.78 is 5.90. The van der Waals surface area contributed by atoms with Crippen molar-refractivity contribution in [3.63, 3.8) is 0 Å². The highest BCUT2D eigenvalue weighted by Crippen LogP contribution is 2.22. The topological polar surface area (TPSA) is 26.3 Å². The van der Waals surface area contributed by atoms with Gasteiger partial charge in [-0.25, -0.2) is 4.79 Å². The molecule has 0 heterocycles. The fourth-order valence-electron chi connectivity index (χ4n) is 1.24. The lowest BCUT2D eigenvalue weighted by molar-refractivity contribution is 0.0525. The van der Waals surface area contributed by atoms with Crippen molar-refractivity contribution in [2.24, 2.45) is 0 Å². The summed E-state index contributed by atoms with van der Waals surface area (Å²) in [5, 5.41) is 0. The first-order valence-electron chi connectivity index (χ1n) is 4.50. The van der Waals surface area contributed by atoms with Gasteiger partial charge in [0.15, 0.2) is 0 Å². The summed E-state index contributed by atoms with van der Waals surface area (Å²) >= 11 is 3.41. The zero-order valence-corrected chi connectivity index (χ0v) is 10.1. The second kappa shape index (κ2) is 4.60. The predicted octanol–water partition coefficient (Wildman–Crippen LogP) is 3.24. The van der Waals surface area contributed by atoms with Crippen molar-refractivity contribution in [1.29, 1.82) is 0 Å². The van der Waals surface area contributed by atoms with E-state index in [1.165, 1.54) is 0 Å². The molecule has 0 atom stereocenters. The summed E-state index contributed by atoms with van der Waals surface area (Å²) in [5.41, 5.74) is 2.61. The Hall–Kier alpha value is -0.830. The zero-order chi connectivity index (χ0) is 10.7. The van der Waals surface area contributed by atoms with E-state index in [2.05, 4.69) is 15.9 Å². The molecule has 0 N–H and O–H groups in total. The average molecular weight is 257 g/mol. The molecular weight excluding hydrogens is 244 g/mol. The van der Waals surface area contributed by atoms with E-state index < -0.39 is 0 Å². The van der Waals surface area contributed by atoms with Crippen LogP contribution in [0.2, 0.25) is 0 Å². The van der Waals surface area contributed by atoms with E-state index in [0.29, 0.717) is 12.2 Å². The number of ether oxygens (including phenoxy) is 1. The van der Waals surface area contributed by atoms with Crippen molar-refractivity contribution in [3.8, 4) is 0 Å². The van der Waals surface area contributed by atoms with E-state index in [-0.39, 0.29) is 5.97 Å². The summed E-state index contributed by atoms with van der Waals surface area (Å²) in [6, 6.07) is 3.83. The zero-order valence-electron chi connectivity index (χ0n) is 8.56. The standard InChI is InChI=1S/C11H13BrO2/c1-4-14-11(13)9-5-7(2)6-10(12)8(9)3/h5-6H,4H2,1-3H3. The van der Waals surface area contributed by atoms with Gasteiger partial charge in [-0.05, 0) is 44.0 Å². The number of carbonyl (C=O) groups is 1. The summed E-state index contributed by atoms with van der Waals surface area (Å²) in [4.78, 5) is 11.5. The van der Waals surface area contributed by atoms with Gasteiger partial charge in [0.25, 0.3) is 0 Å². The van der Waals surface area contributed by atoms with E-state index in [9.17, 15) is 4.79 Å². The minimum absolute atomic E-state index is 0.255. The molecule has 14 heavy (non-hydrogen) atoms.